The first kappa shape index (κ1) is 19.5. The Labute approximate surface area is 135 Å². The van der Waals surface area contributed by atoms with Crippen LogP contribution in [0.2, 0.25) is 0 Å². The lowest BCUT2D eigenvalue weighted by Crippen LogP contribution is -2.37. The Morgan fingerprint density at radius 1 is 1.30 bits per heavy atom. The van der Waals surface area contributed by atoms with E-state index >= 15 is 0 Å². The summed E-state index contributed by atoms with van der Waals surface area (Å²) in [6, 6.07) is 0. The fourth-order valence-electron chi connectivity index (χ4n) is 2.22. The number of alkyl halides is 3. The predicted molar refractivity (Wildman–Crippen MR) is 86.2 cm³/mol. The molecule has 20 heavy (non-hydrogen) atoms. The van der Waals surface area contributed by atoms with Gasteiger partial charge in [0.1, 0.15) is 0 Å². The standard InChI is InChI=1S/C13H22F3N3.HI/c1-9(2)7-18-12(17)19-8-10-3-5-11(6-4-10)13(14,15)16;/h10-11H,1,3-8H2,2H3,(H3,17,18,19);1H. The zero-order valence-electron chi connectivity index (χ0n) is 11.7. The van der Waals surface area contributed by atoms with E-state index in [-0.39, 0.29) is 42.7 Å². The Kier molecular flexibility index (Phi) is 8.53. The normalized spacial score (nSPS) is 23.9. The van der Waals surface area contributed by atoms with E-state index in [1.165, 1.54) is 0 Å². The molecule has 1 fully saturated rings. The molecule has 1 rings (SSSR count). The fraction of sp³-hybridized carbons (Fsp3) is 0.769. The lowest BCUT2D eigenvalue weighted by atomic mass is 9.81. The first-order valence-electron chi connectivity index (χ1n) is 6.54. The first-order valence-corrected chi connectivity index (χ1v) is 6.54. The average Bonchev–Trinajstić information content (AvgIpc) is 2.33. The SMILES string of the molecule is C=C(C)CN=C(N)NCC1CCC(C(F)(F)F)CC1.I. The molecule has 0 unspecified atom stereocenters. The molecule has 0 heterocycles. The van der Waals surface area contributed by atoms with Crippen molar-refractivity contribution in [3.63, 3.8) is 0 Å². The number of hydrogen-bond acceptors (Lipinski definition) is 1. The van der Waals surface area contributed by atoms with Crippen LogP contribution in [0.3, 0.4) is 0 Å². The van der Waals surface area contributed by atoms with Gasteiger partial charge in [0, 0.05) is 6.54 Å². The number of rotatable bonds is 4. The summed E-state index contributed by atoms with van der Waals surface area (Å²) >= 11 is 0. The summed E-state index contributed by atoms with van der Waals surface area (Å²) in [4.78, 5) is 4.07. The number of nitrogens with zero attached hydrogens (tertiary/aromatic N) is 1. The molecule has 0 aromatic carbocycles. The van der Waals surface area contributed by atoms with Gasteiger partial charge in [-0.1, -0.05) is 12.2 Å². The third-order valence-corrected chi connectivity index (χ3v) is 3.40. The van der Waals surface area contributed by atoms with Crippen molar-refractivity contribution in [1.29, 1.82) is 0 Å². The maximum Gasteiger partial charge on any atom is 0.391 e. The molecule has 1 aliphatic carbocycles. The van der Waals surface area contributed by atoms with E-state index in [9.17, 15) is 13.2 Å². The third kappa shape index (κ3) is 7.35. The summed E-state index contributed by atoms with van der Waals surface area (Å²) in [6.45, 7) is 6.63. The van der Waals surface area contributed by atoms with Gasteiger partial charge in [-0.3, -0.25) is 0 Å². The fourth-order valence-corrected chi connectivity index (χ4v) is 2.22. The average molecular weight is 405 g/mol. The number of nitrogens with one attached hydrogen (secondary N) is 1. The van der Waals surface area contributed by atoms with Gasteiger partial charge in [-0.25, -0.2) is 4.99 Å². The first-order chi connectivity index (χ1) is 8.79. The van der Waals surface area contributed by atoms with Crippen LogP contribution in [0.15, 0.2) is 17.1 Å². The lowest BCUT2D eigenvalue weighted by Gasteiger charge is -2.29. The minimum Gasteiger partial charge on any atom is -0.370 e. The number of hydrogen-bond donors (Lipinski definition) is 2. The highest BCUT2D eigenvalue weighted by Crippen LogP contribution is 2.39. The van der Waals surface area contributed by atoms with Crippen molar-refractivity contribution in [3.8, 4) is 0 Å². The van der Waals surface area contributed by atoms with Crippen molar-refractivity contribution >= 4 is 29.9 Å². The van der Waals surface area contributed by atoms with E-state index in [0.29, 0.717) is 31.9 Å². The van der Waals surface area contributed by atoms with Gasteiger partial charge in [0.15, 0.2) is 5.96 Å². The highest BCUT2D eigenvalue weighted by atomic mass is 127. The maximum absolute atomic E-state index is 12.5. The third-order valence-electron chi connectivity index (χ3n) is 3.40. The van der Waals surface area contributed by atoms with Crippen LogP contribution >= 0.6 is 24.0 Å². The van der Waals surface area contributed by atoms with Crippen LogP contribution in [0.5, 0.6) is 0 Å². The Bertz CT molecular complexity index is 334. The van der Waals surface area contributed by atoms with Crippen molar-refractivity contribution in [2.24, 2.45) is 22.6 Å². The molecule has 7 heteroatoms. The molecule has 0 aliphatic heterocycles. The molecule has 0 saturated heterocycles. The Balaban J connectivity index is 0.00000361. The van der Waals surface area contributed by atoms with E-state index in [2.05, 4.69) is 16.9 Å². The zero-order chi connectivity index (χ0) is 14.5. The van der Waals surface area contributed by atoms with Crippen molar-refractivity contribution in [1.82, 2.24) is 5.32 Å². The van der Waals surface area contributed by atoms with E-state index in [1.54, 1.807) is 0 Å². The second-order valence-corrected chi connectivity index (χ2v) is 5.30. The van der Waals surface area contributed by atoms with Crippen LogP contribution in [-0.4, -0.2) is 25.2 Å². The Morgan fingerprint density at radius 2 is 1.85 bits per heavy atom. The van der Waals surface area contributed by atoms with Crippen LogP contribution < -0.4 is 11.1 Å². The summed E-state index contributed by atoms with van der Waals surface area (Å²) in [6.07, 6.45) is -2.42. The van der Waals surface area contributed by atoms with Crippen LogP contribution in [0, 0.1) is 11.8 Å². The van der Waals surface area contributed by atoms with Crippen molar-refractivity contribution in [3.05, 3.63) is 12.2 Å². The molecule has 0 radical (unpaired) electrons. The Morgan fingerprint density at radius 3 is 2.30 bits per heavy atom. The van der Waals surface area contributed by atoms with Gasteiger partial charge in [0.05, 0.1) is 12.5 Å². The molecule has 118 valence electrons. The van der Waals surface area contributed by atoms with Crippen LogP contribution in [0.25, 0.3) is 0 Å². The molecule has 1 aliphatic rings. The topological polar surface area (TPSA) is 50.4 Å². The summed E-state index contributed by atoms with van der Waals surface area (Å²) in [5.74, 6) is -0.545. The smallest absolute Gasteiger partial charge is 0.370 e. The maximum atomic E-state index is 12.5. The Hall–Kier alpha value is -0.470. The van der Waals surface area contributed by atoms with E-state index in [1.807, 2.05) is 6.92 Å². The molecule has 0 amide bonds. The van der Waals surface area contributed by atoms with E-state index in [4.69, 9.17) is 5.73 Å². The highest BCUT2D eigenvalue weighted by Gasteiger charge is 2.41. The number of guanidine groups is 1. The van der Waals surface area contributed by atoms with E-state index in [0.717, 1.165) is 5.57 Å². The number of aliphatic imine (C=N–C) groups is 1. The molecule has 3 N–H and O–H groups in total. The van der Waals surface area contributed by atoms with Gasteiger partial charge in [0.2, 0.25) is 0 Å². The summed E-state index contributed by atoms with van der Waals surface area (Å²) < 4.78 is 37.5. The van der Waals surface area contributed by atoms with Crippen molar-refractivity contribution in [2.45, 2.75) is 38.8 Å². The van der Waals surface area contributed by atoms with Gasteiger partial charge in [-0.15, -0.1) is 24.0 Å². The summed E-state index contributed by atoms with van der Waals surface area (Å²) in [7, 11) is 0. The van der Waals surface area contributed by atoms with Gasteiger partial charge in [0.25, 0.3) is 0 Å². The molecule has 0 aromatic heterocycles. The van der Waals surface area contributed by atoms with Gasteiger partial charge < -0.3 is 11.1 Å². The summed E-state index contributed by atoms with van der Waals surface area (Å²) in [5.41, 5.74) is 6.57. The van der Waals surface area contributed by atoms with E-state index < -0.39 is 12.1 Å². The molecule has 0 atom stereocenters. The quantitative estimate of drug-likeness (QED) is 0.326. The second-order valence-electron chi connectivity index (χ2n) is 5.30. The number of nitrogens with two attached hydrogens (primary N) is 1. The zero-order valence-corrected chi connectivity index (χ0v) is 14.0. The van der Waals surface area contributed by atoms with Crippen LogP contribution in [0.4, 0.5) is 13.2 Å². The van der Waals surface area contributed by atoms with Gasteiger partial charge >= 0.3 is 6.18 Å². The largest absolute Gasteiger partial charge is 0.391 e. The lowest BCUT2D eigenvalue weighted by molar-refractivity contribution is -0.183. The van der Waals surface area contributed by atoms with Crippen molar-refractivity contribution < 1.29 is 13.2 Å². The van der Waals surface area contributed by atoms with Crippen LogP contribution in [0.1, 0.15) is 32.6 Å². The molecule has 0 bridgehead atoms. The van der Waals surface area contributed by atoms with Crippen molar-refractivity contribution in [2.75, 3.05) is 13.1 Å². The predicted octanol–water partition coefficient (Wildman–Crippen LogP) is 3.45. The van der Waals surface area contributed by atoms with Crippen LogP contribution in [-0.2, 0) is 0 Å². The molecule has 3 nitrogen and oxygen atoms in total. The minimum atomic E-state index is -4.04. The van der Waals surface area contributed by atoms with Gasteiger partial charge in [-0.2, -0.15) is 13.2 Å². The number of halogens is 4. The summed E-state index contributed by atoms with van der Waals surface area (Å²) in [5, 5.41) is 2.97. The molecule has 0 aromatic rings. The second kappa shape index (κ2) is 8.74. The molecule has 0 spiro atoms. The minimum absolute atomic E-state index is 0. The molecular formula is C13H23F3IN3. The molecule has 1 saturated carbocycles. The van der Waals surface area contributed by atoms with Gasteiger partial charge in [-0.05, 0) is 38.5 Å². The molecular weight excluding hydrogens is 382 g/mol. The monoisotopic (exact) mass is 405 g/mol. The highest BCUT2D eigenvalue weighted by molar-refractivity contribution is 14.0.